The van der Waals surface area contributed by atoms with E-state index in [1.807, 2.05) is 24.0 Å². The number of benzene rings is 1. The topological polar surface area (TPSA) is 55.6 Å². The largest absolute Gasteiger partial charge is 0.364 e. The van der Waals surface area contributed by atoms with Crippen LogP contribution in [0.1, 0.15) is 30.9 Å². The van der Waals surface area contributed by atoms with Gasteiger partial charge in [0.15, 0.2) is 0 Å². The van der Waals surface area contributed by atoms with Crippen molar-refractivity contribution in [2.45, 2.75) is 45.8 Å². The molecule has 1 amide bonds. The molecule has 118 valence electrons. The van der Waals surface area contributed by atoms with Crippen LogP contribution in [0, 0.1) is 13.8 Å². The molecule has 2 atom stereocenters. The molecule has 0 saturated carbocycles. The molecule has 1 aliphatic rings. The first-order valence-electron chi connectivity index (χ1n) is 7.31. The van der Waals surface area contributed by atoms with Gasteiger partial charge in [-0.2, -0.15) is 0 Å². The molecule has 1 heterocycles. The summed E-state index contributed by atoms with van der Waals surface area (Å²) >= 11 is 0. The third kappa shape index (κ3) is 3.76. The molecule has 1 aromatic carbocycles. The molecule has 2 rings (SSSR count). The highest BCUT2D eigenvalue weighted by atomic mass is 35.5. The van der Waals surface area contributed by atoms with Crippen LogP contribution in [0.3, 0.4) is 0 Å². The van der Waals surface area contributed by atoms with Crippen molar-refractivity contribution in [3.8, 4) is 0 Å². The Morgan fingerprint density at radius 1 is 1.38 bits per heavy atom. The van der Waals surface area contributed by atoms with Gasteiger partial charge in [0.1, 0.15) is 6.10 Å². The second-order valence-corrected chi connectivity index (χ2v) is 5.36. The van der Waals surface area contributed by atoms with Crippen LogP contribution in [0.4, 0.5) is 5.69 Å². The lowest BCUT2D eigenvalue weighted by Gasteiger charge is -2.26. The molecule has 0 spiro atoms. The second kappa shape index (κ2) is 7.78. The number of aryl methyl sites for hydroxylation is 1. The first-order valence-corrected chi connectivity index (χ1v) is 7.31. The monoisotopic (exact) mass is 312 g/mol. The minimum absolute atomic E-state index is 0. The van der Waals surface area contributed by atoms with Gasteiger partial charge in [-0.15, -0.1) is 12.4 Å². The molecule has 0 unspecified atom stereocenters. The fraction of sp³-hybridized carbons (Fsp3) is 0.562. The van der Waals surface area contributed by atoms with Crippen LogP contribution >= 0.6 is 12.4 Å². The van der Waals surface area contributed by atoms with Gasteiger partial charge in [0.2, 0.25) is 0 Å². The van der Waals surface area contributed by atoms with Gasteiger partial charge in [-0.1, -0.05) is 12.1 Å². The average Bonchev–Trinajstić information content (AvgIpc) is 2.93. The molecule has 2 N–H and O–H groups in total. The van der Waals surface area contributed by atoms with E-state index in [1.54, 1.807) is 0 Å². The minimum atomic E-state index is -0.344. The molecular formula is C16H25ClN2O2. The number of amides is 1. The molecule has 0 aliphatic carbocycles. The molecule has 4 nitrogen and oxygen atoms in total. The summed E-state index contributed by atoms with van der Waals surface area (Å²) in [5.41, 5.74) is 8.94. The number of nitrogens with zero attached hydrogens (tertiary/aromatic N) is 1. The Labute approximate surface area is 133 Å². The van der Waals surface area contributed by atoms with Gasteiger partial charge in [0.25, 0.3) is 5.91 Å². The minimum Gasteiger partial charge on any atom is -0.364 e. The lowest BCUT2D eigenvalue weighted by molar-refractivity contribution is -0.129. The first kappa shape index (κ1) is 18.0. The number of carbonyl (C=O) groups is 1. The molecule has 0 aromatic heterocycles. The van der Waals surface area contributed by atoms with Crippen LogP contribution in [0.25, 0.3) is 0 Å². The van der Waals surface area contributed by atoms with Crippen molar-refractivity contribution in [2.75, 3.05) is 18.0 Å². The van der Waals surface area contributed by atoms with E-state index in [9.17, 15) is 4.79 Å². The van der Waals surface area contributed by atoms with Crippen molar-refractivity contribution >= 4 is 24.0 Å². The van der Waals surface area contributed by atoms with E-state index in [2.05, 4.69) is 19.9 Å². The zero-order valence-corrected chi connectivity index (χ0v) is 13.8. The number of rotatable bonds is 4. The van der Waals surface area contributed by atoms with E-state index in [4.69, 9.17) is 10.5 Å². The Morgan fingerprint density at radius 3 is 2.67 bits per heavy atom. The van der Waals surface area contributed by atoms with Crippen molar-refractivity contribution in [3.05, 3.63) is 29.3 Å². The zero-order valence-electron chi connectivity index (χ0n) is 13.0. The lowest BCUT2D eigenvalue weighted by atomic mass is 10.1. The number of anilines is 1. The molecule has 0 bridgehead atoms. The summed E-state index contributed by atoms with van der Waals surface area (Å²) in [7, 11) is 0. The Hall–Kier alpha value is -1.10. The summed E-state index contributed by atoms with van der Waals surface area (Å²) in [4.78, 5) is 14.5. The Bertz CT molecular complexity index is 493. The molecule has 0 radical (unpaired) electrons. The standard InChI is InChI=1S/C16H24N2O2.ClH/c1-4-18(14-7-5-6-11(2)12(14)3)16(19)15-9-8-13(10-17)20-15;/h5-7,13,15H,4,8-10,17H2,1-3H3;1H/t13-,15+;/m1./s1. The van der Waals surface area contributed by atoms with Crippen LogP contribution < -0.4 is 10.6 Å². The molecule has 21 heavy (non-hydrogen) atoms. The van der Waals surface area contributed by atoms with Crippen molar-refractivity contribution in [3.63, 3.8) is 0 Å². The SMILES string of the molecule is CCN(C(=O)[C@@H]1CC[C@H](CN)O1)c1cccc(C)c1C.Cl. The second-order valence-electron chi connectivity index (χ2n) is 5.36. The predicted octanol–water partition coefficient (Wildman–Crippen LogP) is 2.58. The van der Waals surface area contributed by atoms with Crippen LogP contribution in [-0.2, 0) is 9.53 Å². The first-order chi connectivity index (χ1) is 9.58. The Kier molecular flexibility index (Phi) is 6.65. The summed E-state index contributed by atoms with van der Waals surface area (Å²) in [6, 6.07) is 6.05. The van der Waals surface area contributed by atoms with Crippen LogP contribution in [0.5, 0.6) is 0 Å². The summed E-state index contributed by atoms with van der Waals surface area (Å²) in [6.07, 6.45) is 1.32. The number of hydrogen-bond acceptors (Lipinski definition) is 3. The van der Waals surface area contributed by atoms with Crippen molar-refractivity contribution < 1.29 is 9.53 Å². The van der Waals surface area contributed by atoms with Gasteiger partial charge in [-0.05, 0) is 50.8 Å². The van der Waals surface area contributed by atoms with Crippen molar-refractivity contribution in [1.82, 2.24) is 0 Å². The molecule has 1 aliphatic heterocycles. The third-order valence-corrected chi connectivity index (χ3v) is 4.09. The van der Waals surface area contributed by atoms with E-state index >= 15 is 0 Å². The average molecular weight is 313 g/mol. The molecule has 5 heteroatoms. The van der Waals surface area contributed by atoms with Crippen LogP contribution in [0.15, 0.2) is 18.2 Å². The number of hydrogen-bond donors (Lipinski definition) is 1. The van der Waals surface area contributed by atoms with Crippen molar-refractivity contribution in [2.24, 2.45) is 5.73 Å². The van der Waals surface area contributed by atoms with Crippen molar-refractivity contribution in [1.29, 1.82) is 0 Å². The third-order valence-electron chi connectivity index (χ3n) is 4.09. The Morgan fingerprint density at radius 2 is 2.10 bits per heavy atom. The number of ether oxygens (including phenoxy) is 1. The summed E-state index contributed by atoms with van der Waals surface area (Å²) in [5.74, 6) is 0.0529. The van der Waals surface area contributed by atoms with E-state index in [0.29, 0.717) is 13.1 Å². The van der Waals surface area contributed by atoms with Gasteiger partial charge in [-0.25, -0.2) is 0 Å². The lowest BCUT2D eigenvalue weighted by Crippen LogP contribution is -2.40. The normalized spacial score (nSPS) is 21.0. The smallest absolute Gasteiger partial charge is 0.256 e. The highest BCUT2D eigenvalue weighted by Gasteiger charge is 2.33. The molecular weight excluding hydrogens is 288 g/mol. The Balaban J connectivity index is 0.00000220. The van der Waals surface area contributed by atoms with E-state index < -0.39 is 0 Å². The summed E-state index contributed by atoms with van der Waals surface area (Å²) in [6.45, 7) is 7.25. The van der Waals surface area contributed by atoms with Gasteiger partial charge in [0.05, 0.1) is 6.10 Å². The maximum atomic E-state index is 12.7. The van der Waals surface area contributed by atoms with E-state index in [0.717, 1.165) is 24.1 Å². The highest BCUT2D eigenvalue weighted by molar-refractivity contribution is 5.97. The summed E-state index contributed by atoms with van der Waals surface area (Å²) in [5, 5.41) is 0. The molecule has 1 saturated heterocycles. The number of halogens is 1. The molecule has 1 fully saturated rings. The number of nitrogens with two attached hydrogens (primary N) is 1. The van der Waals surface area contributed by atoms with Gasteiger partial charge in [-0.3, -0.25) is 4.79 Å². The fourth-order valence-electron chi connectivity index (χ4n) is 2.71. The maximum absolute atomic E-state index is 12.7. The number of likely N-dealkylation sites (N-methyl/N-ethyl adjacent to an activating group) is 1. The van der Waals surface area contributed by atoms with Crippen LogP contribution in [0.2, 0.25) is 0 Å². The maximum Gasteiger partial charge on any atom is 0.256 e. The van der Waals surface area contributed by atoms with E-state index in [1.165, 1.54) is 5.56 Å². The van der Waals surface area contributed by atoms with E-state index in [-0.39, 0.29) is 30.5 Å². The predicted molar refractivity (Wildman–Crippen MR) is 88.1 cm³/mol. The number of carbonyl (C=O) groups excluding carboxylic acids is 1. The summed E-state index contributed by atoms with van der Waals surface area (Å²) < 4.78 is 5.73. The molecule has 1 aromatic rings. The van der Waals surface area contributed by atoms with Gasteiger partial charge in [0, 0.05) is 18.8 Å². The fourth-order valence-corrected chi connectivity index (χ4v) is 2.71. The highest BCUT2D eigenvalue weighted by Crippen LogP contribution is 2.27. The van der Waals surface area contributed by atoms with Crippen LogP contribution in [-0.4, -0.2) is 31.2 Å². The quantitative estimate of drug-likeness (QED) is 0.929. The van der Waals surface area contributed by atoms with Gasteiger partial charge < -0.3 is 15.4 Å². The zero-order chi connectivity index (χ0) is 14.7. The van der Waals surface area contributed by atoms with Gasteiger partial charge >= 0.3 is 0 Å².